The van der Waals surface area contributed by atoms with E-state index in [1.807, 2.05) is 0 Å². The van der Waals surface area contributed by atoms with Gasteiger partial charge in [0.25, 0.3) is 0 Å². The molecule has 5 nitrogen and oxygen atoms in total. The second-order valence-corrected chi connectivity index (χ2v) is 5.83. The summed E-state index contributed by atoms with van der Waals surface area (Å²) in [5, 5.41) is 4.78. The number of carbonyl (C=O) groups excluding carboxylic acids is 1. The molecular formula is C17H28N2O3. The zero-order valence-corrected chi connectivity index (χ0v) is 14.1. The van der Waals surface area contributed by atoms with E-state index in [1.165, 1.54) is 31.2 Å². The summed E-state index contributed by atoms with van der Waals surface area (Å²) < 4.78 is 12.7. The molecule has 22 heavy (non-hydrogen) atoms. The first-order chi connectivity index (χ1) is 10.7. The van der Waals surface area contributed by atoms with Gasteiger partial charge >= 0.3 is 5.97 Å². The largest absolute Gasteiger partial charge is 0.469 e. The van der Waals surface area contributed by atoms with Crippen molar-refractivity contribution in [3.8, 4) is 0 Å². The molecule has 0 saturated carbocycles. The lowest BCUT2D eigenvalue weighted by molar-refractivity contribution is -0.140. The highest BCUT2D eigenvalue weighted by Crippen LogP contribution is 2.21. The Morgan fingerprint density at radius 1 is 1.36 bits per heavy atom. The van der Waals surface area contributed by atoms with E-state index in [1.54, 1.807) is 0 Å². The number of aryl methyl sites for hydroxylation is 1. The van der Waals surface area contributed by atoms with Crippen LogP contribution in [0.25, 0.3) is 0 Å². The first-order valence-electron chi connectivity index (χ1n) is 8.45. The van der Waals surface area contributed by atoms with Crippen LogP contribution in [0.15, 0.2) is 0 Å². The summed E-state index contributed by atoms with van der Waals surface area (Å²) in [6, 6.07) is 0. The molecule has 1 aromatic heterocycles. The molecular weight excluding hydrogens is 280 g/mol. The number of nitrogens with zero attached hydrogens (tertiary/aromatic N) is 2. The highest BCUT2D eigenvalue weighted by molar-refractivity contribution is 5.69. The lowest BCUT2D eigenvalue weighted by Crippen LogP contribution is -2.26. The number of methoxy groups -OCH3 is 1. The third-order valence-electron chi connectivity index (χ3n) is 4.38. The van der Waals surface area contributed by atoms with Gasteiger partial charge in [-0.05, 0) is 44.1 Å². The number of hydrogen-bond donors (Lipinski definition) is 0. The quantitative estimate of drug-likeness (QED) is 0.727. The van der Waals surface area contributed by atoms with Gasteiger partial charge in [-0.3, -0.25) is 9.48 Å². The predicted molar refractivity (Wildman–Crippen MR) is 84.9 cm³/mol. The first kappa shape index (κ1) is 17.0. The van der Waals surface area contributed by atoms with Crippen molar-refractivity contribution in [2.75, 3.05) is 13.7 Å². The van der Waals surface area contributed by atoms with Crippen LogP contribution >= 0.6 is 0 Å². The second kappa shape index (κ2) is 8.32. The van der Waals surface area contributed by atoms with Gasteiger partial charge in [-0.1, -0.05) is 13.8 Å². The molecule has 2 rings (SSSR count). The fourth-order valence-electron chi connectivity index (χ4n) is 3.18. The van der Waals surface area contributed by atoms with E-state index in [0.29, 0.717) is 12.8 Å². The van der Waals surface area contributed by atoms with Gasteiger partial charge in [0.05, 0.1) is 25.5 Å². The summed E-state index contributed by atoms with van der Waals surface area (Å²) in [5.41, 5.74) is 3.58. The molecule has 1 aromatic rings. The second-order valence-electron chi connectivity index (χ2n) is 5.83. The molecule has 1 unspecified atom stereocenters. The van der Waals surface area contributed by atoms with Gasteiger partial charge in [0.2, 0.25) is 0 Å². The number of aromatic nitrogens is 2. The minimum Gasteiger partial charge on any atom is -0.469 e. The van der Waals surface area contributed by atoms with Crippen LogP contribution in [0.5, 0.6) is 0 Å². The van der Waals surface area contributed by atoms with Crippen LogP contribution in [0.1, 0.15) is 56.5 Å². The van der Waals surface area contributed by atoms with Crippen molar-refractivity contribution < 1.29 is 14.3 Å². The Morgan fingerprint density at radius 2 is 2.18 bits per heavy atom. The zero-order chi connectivity index (χ0) is 15.9. The molecule has 1 saturated heterocycles. The van der Waals surface area contributed by atoms with Crippen LogP contribution in [0.3, 0.4) is 0 Å². The van der Waals surface area contributed by atoms with E-state index in [9.17, 15) is 4.79 Å². The molecule has 0 aromatic carbocycles. The highest BCUT2D eigenvalue weighted by atomic mass is 16.5. The number of hydrogen-bond acceptors (Lipinski definition) is 4. The molecule has 0 aliphatic carbocycles. The van der Waals surface area contributed by atoms with E-state index in [2.05, 4.69) is 18.5 Å². The van der Waals surface area contributed by atoms with Crippen LogP contribution in [-0.2, 0) is 40.1 Å². The Hall–Kier alpha value is -1.36. The molecule has 124 valence electrons. The van der Waals surface area contributed by atoms with Crippen molar-refractivity contribution in [2.24, 2.45) is 0 Å². The lowest BCUT2D eigenvalue weighted by Gasteiger charge is -2.23. The van der Waals surface area contributed by atoms with Gasteiger partial charge in [-0.25, -0.2) is 0 Å². The van der Waals surface area contributed by atoms with E-state index in [-0.39, 0.29) is 12.1 Å². The fraction of sp³-hybridized carbons (Fsp3) is 0.765. The molecule has 0 radical (unpaired) electrons. The third kappa shape index (κ3) is 4.09. The molecule has 1 aliphatic heterocycles. The van der Waals surface area contributed by atoms with Crippen LogP contribution in [0, 0.1) is 0 Å². The van der Waals surface area contributed by atoms with E-state index in [4.69, 9.17) is 14.6 Å². The predicted octanol–water partition coefficient (Wildman–Crippen LogP) is 2.68. The Labute approximate surface area is 133 Å². The standard InChI is InChI=1S/C17H28N2O3/c1-4-15-14(9-10-17(20)21-3)16(5-2)19(18-15)12-13-8-6-7-11-22-13/h13H,4-12H2,1-3H3. The van der Waals surface area contributed by atoms with Gasteiger partial charge in [0, 0.05) is 18.7 Å². The molecule has 0 spiro atoms. The van der Waals surface area contributed by atoms with Crippen molar-refractivity contribution in [3.63, 3.8) is 0 Å². The van der Waals surface area contributed by atoms with Crippen LogP contribution in [-0.4, -0.2) is 35.6 Å². The molecule has 5 heteroatoms. The van der Waals surface area contributed by atoms with Gasteiger partial charge in [-0.2, -0.15) is 5.10 Å². The van der Waals surface area contributed by atoms with Gasteiger partial charge in [-0.15, -0.1) is 0 Å². The van der Waals surface area contributed by atoms with E-state index >= 15 is 0 Å². The fourth-order valence-corrected chi connectivity index (χ4v) is 3.18. The number of esters is 1. The van der Waals surface area contributed by atoms with E-state index < -0.39 is 0 Å². The maximum absolute atomic E-state index is 11.4. The molecule has 0 bridgehead atoms. The maximum atomic E-state index is 11.4. The summed E-state index contributed by atoms with van der Waals surface area (Å²) in [5.74, 6) is -0.160. The highest BCUT2D eigenvalue weighted by Gasteiger charge is 2.20. The molecule has 0 N–H and O–H groups in total. The van der Waals surface area contributed by atoms with Crippen molar-refractivity contribution in [3.05, 3.63) is 17.0 Å². The van der Waals surface area contributed by atoms with Gasteiger partial charge in [0.15, 0.2) is 0 Å². The van der Waals surface area contributed by atoms with Crippen LogP contribution in [0.4, 0.5) is 0 Å². The topological polar surface area (TPSA) is 53.4 Å². The normalized spacial score (nSPS) is 18.4. The average molecular weight is 308 g/mol. The van der Waals surface area contributed by atoms with Gasteiger partial charge < -0.3 is 9.47 Å². The lowest BCUT2D eigenvalue weighted by atomic mass is 10.0. The third-order valence-corrected chi connectivity index (χ3v) is 4.38. The Bertz CT molecular complexity index is 490. The molecule has 1 atom stereocenters. The summed E-state index contributed by atoms with van der Waals surface area (Å²) in [6.45, 7) is 5.96. The molecule has 1 aliphatic rings. The first-order valence-corrected chi connectivity index (χ1v) is 8.45. The van der Waals surface area contributed by atoms with Crippen molar-refractivity contribution in [1.29, 1.82) is 0 Å². The smallest absolute Gasteiger partial charge is 0.305 e. The minimum absolute atomic E-state index is 0.160. The van der Waals surface area contributed by atoms with E-state index in [0.717, 1.165) is 38.1 Å². The Morgan fingerprint density at radius 3 is 2.77 bits per heavy atom. The van der Waals surface area contributed by atoms with Crippen LogP contribution in [0.2, 0.25) is 0 Å². The number of carbonyl (C=O) groups is 1. The van der Waals surface area contributed by atoms with Crippen molar-refractivity contribution in [2.45, 2.75) is 71.4 Å². The maximum Gasteiger partial charge on any atom is 0.305 e. The number of ether oxygens (including phenoxy) is 2. The van der Waals surface area contributed by atoms with Crippen LogP contribution < -0.4 is 0 Å². The number of rotatable bonds is 7. The monoisotopic (exact) mass is 308 g/mol. The Kier molecular flexibility index (Phi) is 6.43. The molecule has 1 fully saturated rings. The Balaban J connectivity index is 2.15. The zero-order valence-electron chi connectivity index (χ0n) is 14.1. The van der Waals surface area contributed by atoms with Gasteiger partial charge in [0.1, 0.15) is 0 Å². The summed E-state index contributed by atoms with van der Waals surface area (Å²) in [6.07, 6.45) is 6.74. The van der Waals surface area contributed by atoms with Crippen molar-refractivity contribution in [1.82, 2.24) is 9.78 Å². The summed E-state index contributed by atoms with van der Waals surface area (Å²) in [4.78, 5) is 11.4. The van der Waals surface area contributed by atoms with Crippen molar-refractivity contribution >= 4 is 5.97 Å². The average Bonchev–Trinajstić information content (AvgIpc) is 2.89. The SMILES string of the molecule is CCc1nn(CC2CCCCO2)c(CC)c1CCC(=O)OC. The minimum atomic E-state index is -0.160. The summed E-state index contributed by atoms with van der Waals surface area (Å²) >= 11 is 0. The summed E-state index contributed by atoms with van der Waals surface area (Å²) in [7, 11) is 1.44. The molecule has 0 amide bonds. The molecule has 2 heterocycles.